The van der Waals surface area contributed by atoms with Crippen molar-refractivity contribution in [2.75, 3.05) is 12.3 Å². The van der Waals surface area contributed by atoms with Crippen molar-refractivity contribution in [3.05, 3.63) is 36.5 Å². The molecule has 0 unspecified atom stereocenters. The monoisotopic (exact) mass is 246 g/mol. The lowest BCUT2D eigenvalue weighted by molar-refractivity contribution is 0.316. The molecule has 2 aromatic rings. The van der Waals surface area contributed by atoms with Crippen molar-refractivity contribution in [3.63, 3.8) is 0 Å². The van der Waals surface area contributed by atoms with Gasteiger partial charge in [-0.1, -0.05) is 6.07 Å². The molecule has 0 saturated heterocycles. The fraction of sp³-hybridized carbons (Fsp3) is 0.154. The van der Waals surface area contributed by atoms with E-state index in [0.717, 1.165) is 0 Å². The minimum absolute atomic E-state index is 0.0265. The molecule has 94 valence electrons. The third kappa shape index (κ3) is 2.45. The minimum Gasteiger partial charge on any atom is -0.506 e. The minimum atomic E-state index is -0.0265. The van der Waals surface area contributed by atoms with Gasteiger partial charge >= 0.3 is 0 Å². The van der Waals surface area contributed by atoms with Crippen LogP contribution in [0.3, 0.4) is 0 Å². The third-order valence-corrected chi connectivity index (χ3v) is 2.29. The molecule has 18 heavy (non-hydrogen) atoms. The van der Waals surface area contributed by atoms with E-state index in [4.69, 9.17) is 15.2 Å². The molecule has 0 spiro atoms. The number of nitrogens with zero attached hydrogens (tertiary/aromatic N) is 1. The van der Waals surface area contributed by atoms with Gasteiger partial charge in [-0.05, 0) is 31.2 Å². The summed E-state index contributed by atoms with van der Waals surface area (Å²) < 4.78 is 10.9. The summed E-state index contributed by atoms with van der Waals surface area (Å²) in [5.41, 5.74) is 5.88. The van der Waals surface area contributed by atoms with Crippen LogP contribution in [0.4, 0.5) is 5.69 Å². The highest BCUT2D eigenvalue weighted by atomic mass is 16.5. The highest BCUT2D eigenvalue weighted by molar-refractivity contribution is 5.62. The predicted octanol–water partition coefficient (Wildman–Crippen LogP) is 2.56. The fourth-order valence-corrected chi connectivity index (χ4v) is 1.44. The predicted molar refractivity (Wildman–Crippen MR) is 68.0 cm³/mol. The van der Waals surface area contributed by atoms with Crippen LogP contribution >= 0.6 is 0 Å². The number of nitrogens with two attached hydrogens (primary N) is 1. The fourth-order valence-electron chi connectivity index (χ4n) is 1.44. The molecule has 3 N–H and O–H groups in total. The highest BCUT2D eigenvalue weighted by Crippen LogP contribution is 2.35. The number of aromatic hydroxyl groups is 1. The third-order valence-electron chi connectivity index (χ3n) is 2.29. The zero-order valence-electron chi connectivity index (χ0n) is 9.96. The van der Waals surface area contributed by atoms with Gasteiger partial charge in [0.15, 0.2) is 11.5 Å². The van der Waals surface area contributed by atoms with E-state index in [1.807, 2.05) is 6.92 Å². The second-order valence-corrected chi connectivity index (χ2v) is 3.53. The number of ether oxygens (including phenoxy) is 2. The second-order valence-electron chi connectivity index (χ2n) is 3.53. The van der Waals surface area contributed by atoms with E-state index in [1.54, 1.807) is 30.5 Å². The van der Waals surface area contributed by atoms with Crippen LogP contribution in [0.2, 0.25) is 0 Å². The van der Waals surface area contributed by atoms with E-state index in [9.17, 15) is 5.11 Å². The Bertz CT molecular complexity index is 544. The molecule has 0 aliphatic rings. The molecular formula is C13H14N2O3. The topological polar surface area (TPSA) is 77.6 Å². The molecular weight excluding hydrogens is 232 g/mol. The molecule has 0 aliphatic carbocycles. The normalized spacial score (nSPS) is 10.1. The Morgan fingerprint density at radius 2 is 2.00 bits per heavy atom. The first-order chi connectivity index (χ1) is 8.72. The van der Waals surface area contributed by atoms with Gasteiger partial charge in [0.2, 0.25) is 0 Å². The molecule has 0 fully saturated rings. The summed E-state index contributed by atoms with van der Waals surface area (Å²) in [6, 6.07) is 8.29. The summed E-state index contributed by atoms with van der Waals surface area (Å²) in [5.74, 6) is 1.16. The van der Waals surface area contributed by atoms with Gasteiger partial charge in [0, 0.05) is 6.20 Å². The van der Waals surface area contributed by atoms with Crippen LogP contribution in [0.15, 0.2) is 36.5 Å². The van der Waals surface area contributed by atoms with Crippen molar-refractivity contribution in [2.45, 2.75) is 6.92 Å². The molecule has 0 amide bonds. The van der Waals surface area contributed by atoms with Crippen LogP contribution in [0.25, 0.3) is 0 Å². The van der Waals surface area contributed by atoms with E-state index in [-0.39, 0.29) is 11.4 Å². The van der Waals surface area contributed by atoms with Crippen LogP contribution in [0.1, 0.15) is 6.92 Å². The van der Waals surface area contributed by atoms with Crippen molar-refractivity contribution < 1.29 is 14.6 Å². The molecule has 1 heterocycles. The van der Waals surface area contributed by atoms with Crippen molar-refractivity contribution in [1.82, 2.24) is 4.98 Å². The lowest BCUT2D eigenvalue weighted by Gasteiger charge is -2.11. The van der Waals surface area contributed by atoms with E-state index < -0.39 is 0 Å². The van der Waals surface area contributed by atoms with Crippen molar-refractivity contribution in [1.29, 1.82) is 0 Å². The zero-order valence-corrected chi connectivity index (χ0v) is 9.96. The molecule has 1 aromatic heterocycles. The van der Waals surface area contributed by atoms with Gasteiger partial charge in [-0.25, -0.2) is 4.98 Å². The molecule has 0 atom stereocenters. The Morgan fingerprint density at radius 1 is 1.22 bits per heavy atom. The summed E-state index contributed by atoms with van der Waals surface area (Å²) in [4.78, 5) is 4.08. The van der Waals surface area contributed by atoms with E-state index >= 15 is 0 Å². The van der Waals surface area contributed by atoms with Gasteiger partial charge in [-0.3, -0.25) is 0 Å². The van der Waals surface area contributed by atoms with Gasteiger partial charge in [0.1, 0.15) is 11.4 Å². The number of anilines is 1. The van der Waals surface area contributed by atoms with E-state index in [2.05, 4.69) is 4.98 Å². The number of hydrogen-bond acceptors (Lipinski definition) is 5. The average molecular weight is 246 g/mol. The van der Waals surface area contributed by atoms with Gasteiger partial charge in [-0.15, -0.1) is 0 Å². The Hall–Kier alpha value is -2.43. The first-order valence-electron chi connectivity index (χ1n) is 5.55. The maximum Gasteiger partial charge on any atom is 0.262 e. The van der Waals surface area contributed by atoms with E-state index in [1.165, 1.54) is 6.07 Å². The van der Waals surface area contributed by atoms with Crippen molar-refractivity contribution in [3.8, 4) is 23.1 Å². The Kier molecular flexibility index (Phi) is 3.52. The number of phenolic OH excluding ortho intramolecular Hbond substituents is 1. The largest absolute Gasteiger partial charge is 0.506 e. The number of benzene rings is 1. The first-order valence-corrected chi connectivity index (χ1v) is 5.55. The Labute approximate surface area is 105 Å². The average Bonchev–Trinajstić information content (AvgIpc) is 2.37. The molecule has 5 heteroatoms. The van der Waals surface area contributed by atoms with Crippen molar-refractivity contribution in [2.24, 2.45) is 0 Å². The smallest absolute Gasteiger partial charge is 0.262 e. The molecule has 0 radical (unpaired) electrons. The molecule has 0 aliphatic heterocycles. The number of phenols is 1. The van der Waals surface area contributed by atoms with Gasteiger partial charge < -0.3 is 20.3 Å². The number of pyridine rings is 1. The molecule has 5 nitrogen and oxygen atoms in total. The summed E-state index contributed by atoms with van der Waals surface area (Å²) in [6.45, 7) is 2.39. The lowest BCUT2D eigenvalue weighted by atomic mass is 10.3. The number of rotatable bonds is 4. The van der Waals surface area contributed by atoms with Gasteiger partial charge in [0.05, 0.1) is 6.61 Å². The summed E-state index contributed by atoms with van der Waals surface area (Å²) >= 11 is 0. The standard InChI is InChI=1S/C13H14N2O3/c1-2-17-11-7-4-8-15-13(11)18-10-6-3-5-9(16)12(10)14/h3-8,16H,2,14H2,1H3. The maximum atomic E-state index is 9.49. The van der Waals surface area contributed by atoms with Crippen LogP contribution in [-0.2, 0) is 0 Å². The number of para-hydroxylation sites is 1. The van der Waals surface area contributed by atoms with E-state index in [0.29, 0.717) is 24.0 Å². The summed E-state index contributed by atoms with van der Waals surface area (Å²) in [5, 5.41) is 9.49. The summed E-state index contributed by atoms with van der Waals surface area (Å²) in [7, 11) is 0. The Morgan fingerprint density at radius 3 is 2.78 bits per heavy atom. The van der Waals surface area contributed by atoms with Crippen LogP contribution in [0, 0.1) is 0 Å². The Balaban J connectivity index is 2.31. The quantitative estimate of drug-likeness (QED) is 0.640. The lowest BCUT2D eigenvalue weighted by Crippen LogP contribution is -1.98. The summed E-state index contributed by atoms with van der Waals surface area (Å²) in [6.07, 6.45) is 1.59. The highest BCUT2D eigenvalue weighted by Gasteiger charge is 2.10. The second kappa shape index (κ2) is 5.27. The molecule has 2 rings (SSSR count). The van der Waals surface area contributed by atoms with Crippen molar-refractivity contribution >= 4 is 5.69 Å². The van der Waals surface area contributed by atoms with Crippen LogP contribution in [0.5, 0.6) is 23.1 Å². The van der Waals surface area contributed by atoms with Gasteiger partial charge in [-0.2, -0.15) is 0 Å². The maximum absolute atomic E-state index is 9.49. The SMILES string of the molecule is CCOc1cccnc1Oc1cccc(O)c1N. The number of nitrogen functional groups attached to an aromatic ring is 1. The first kappa shape index (κ1) is 12.0. The number of aromatic nitrogens is 1. The van der Waals surface area contributed by atoms with Gasteiger partial charge in [0.25, 0.3) is 5.88 Å². The number of hydrogen-bond donors (Lipinski definition) is 2. The van der Waals surface area contributed by atoms with Crippen LogP contribution < -0.4 is 15.2 Å². The van der Waals surface area contributed by atoms with Crippen LogP contribution in [-0.4, -0.2) is 16.7 Å². The molecule has 0 bridgehead atoms. The zero-order chi connectivity index (χ0) is 13.0. The molecule has 0 saturated carbocycles. The molecule has 1 aromatic carbocycles.